The van der Waals surface area contributed by atoms with E-state index in [-0.39, 0.29) is 5.91 Å². The van der Waals surface area contributed by atoms with Crippen molar-refractivity contribution in [2.45, 2.75) is 19.4 Å². The molecule has 0 saturated carbocycles. The molecule has 0 aromatic heterocycles. The molecule has 3 aromatic carbocycles. The van der Waals surface area contributed by atoms with Crippen LogP contribution in [0.3, 0.4) is 0 Å². The number of rotatable bonds is 8. The summed E-state index contributed by atoms with van der Waals surface area (Å²) < 4.78 is 5.80. The van der Waals surface area contributed by atoms with Gasteiger partial charge in [0.2, 0.25) is 5.91 Å². The first-order valence-electron chi connectivity index (χ1n) is 8.92. The average molecular weight is 358 g/mol. The number of nitrogens with zero attached hydrogens (tertiary/aromatic N) is 1. The third-order valence-corrected chi connectivity index (χ3v) is 3.99. The van der Waals surface area contributed by atoms with Gasteiger partial charge in [0.15, 0.2) is 0 Å². The maximum atomic E-state index is 11.9. The molecule has 3 rings (SSSR count). The Hall–Kier alpha value is -3.40. The predicted molar refractivity (Wildman–Crippen MR) is 108 cm³/mol. The lowest BCUT2D eigenvalue weighted by Crippen LogP contribution is -2.17. The normalized spacial score (nSPS) is 10.7. The number of carbonyl (C=O) groups is 1. The highest BCUT2D eigenvalue weighted by Crippen LogP contribution is 2.14. The second-order valence-electron chi connectivity index (χ2n) is 6.13. The molecule has 136 valence electrons. The average Bonchev–Trinajstić information content (AvgIpc) is 2.73. The molecule has 0 aliphatic rings. The summed E-state index contributed by atoms with van der Waals surface area (Å²) in [6, 6.07) is 27.5. The van der Waals surface area contributed by atoms with Gasteiger partial charge in [0.25, 0.3) is 0 Å². The Balaban J connectivity index is 1.46. The van der Waals surface area contributed by atoms with E-state index in [9.17, 15) is 4.79 Å². The Morgan fingerprint density at radius 3 is 2.33 bits per heavy atom. The van der Waals surface area contributed by atoms with Crippen LogP contribution in [0.15, 0.2) is 90.0 Å². The highest BCUT2D eigenvalue weighted by Gasteiger charge is 2.01. The fourth-order valence-electron chi connectivity index (χ4n) is 2.56. The van der Waals surface area contributed by atoms with Gasteiger partial charge in [-0.1, -0.05) is 72.8 Å². The van der Waals surface area contributed by atoms with E-state index in [1.54, 1.807) is 6.21 Å². The molecule has 0 fully saturated rings. The molecule has 1 amide bonds. The van der Waals surface area contributed by atoms with E-state index in [2.05, 4.69) is 10.5 Å². The van der Waals surface area contributed by atoms with Crippen LogP contribution in [0, 0.1) is 0 Å². The van der Waals surface area contributed by atoms with Crippen molar-refractivity contribution in [1.82, 2.24) is 5.43 Å². The van der Waals surface area contributed by atoms with Crippen LogP contribution in [0.25, 0.3) is 0 Å². The molecular weight excluding hydrogens is 336 g/mol. The van der Waals surface area contributed by atoms with Gasteiger partial charge in [-0.25, -0.2) is 5.43 Å². The number of hydrazone groups is 1. The lowest BCUT2D eigenvalue weighted by Gasteiger charge is -2.06. The van der Waals surface area contributed by atoms with E-state index in [4.69, 9.17) is 4.74 Å². The van der Waals surface area contributed by atoms with Gasteiger partial charge in [-0.15, -0.1) is 0 Å². The van der Waals surface area contributed by atoms with E-state index >= 15 is 0 Å². The smallest absolute Gasteiger partial charge is 0.240 e. The monoisotopic (exact) mass is 358 g/mol. The summed E-state index contributed by atoms with van der Waals surface area (Å²) >= 11 is 0. The van der Waals surface area contributed by atoms with Crippen molar-refractivity contribution < 1.29 is 9.53 Å². The van der Waals surface area contributed by atoms with Gasteiger partial charge < -0.3 is 4.74 Å². The maximum Gasteiger partial charge on any atom is 0.240 e. The van der Waals surface area contributed by atoms with Crippen molar-refractivity contribution in [1.29, 1.82) is 0 Å². The molecule has 0 bridgehead atoms. The largest absolute Gasteiger partial charge is 0.489 e. The molecule has 0 spiro atoms. The Labute approximate surface area is 159 Å². The minimum absolute atomic E-state index is 0.105. The molecular formula is C23H22N2O2. The second-order valence-corrected chi connectivity index (χ2v) is 6.13. The molecule has 3 aromatic rings. The predicted octanol–water partition coefficient (Wildman–Crippen LogP) is 4.35. The molecule has 0 heterocycles. The number of hydrogen-bond acceptors (Lipinski definition) is 3. The van der Waals surface area contributed by atoms with Gasteiger partial charge in [0, 0.05) is 6.42 Å². The Morgan fingerprint density at radius 1 is 0.889 bits per heavy atom. The lowest BCUT2D eigenvalue weighted by atomic mass is 10.1. The number of benzene rings is 3. The first kappa shape index (κ1) is 18.4. The lowest BCUT2D eigenvalue weighted by molar-refractivity contribution is -0.121. The van der Waals surface area contributed by atoms with Crippen molar-refractivity contribution in [3.63, 3.8) is 0 Å². The van der Waals surface area contributed by atoms with Crippen LogP contribution in [0.1, 0.15) is 23.1 Å². The summed E-state index contributed by atoms with van der Waals surface area (Å²) in [4.78, 5) is 11.9. The highest BCUT2D eigenvalue weighted by molar-refractivity contribution is 5.82. The van der Waals surface area contributed by atoms with Gasteiger partial charge in [-0.3, -0.25) is 4.79 Å². The minimum Gasteiger partial charge on any atom is -0.489 e. The van der Waals surface area contributed by atoms with Crippen LogP contribution in [-0.4, -0.2) is 12.1 Å². The molecule has 0 saturated heterocycles. The summed E-state index contributed by atoms with van der Waals surface area (Å²) in [5.74, 6) is 0.657. The summed E-state index contributed by atoms with van der Waals surface area (Å²) in [5.41, 5.74) is 5.69. The molecule has 0 aliphatic carbocycles. The molecule has 0 atom stereocenters. The number of ether oxygens (including phenoxy) is 1. The summed E-state index contributed by atoms with van der Waals surface area (Å²) in [6.07, 6.45) is 2.72. The molecule has 0 radical (unpaired) electrons. The van der Waals surface area contributed by atoms with Crippen molar-refractivity contribution in [3.8, 4) is 5.75 Å². The van der Waals surface area contributed by atoms with Crippen molar-refractivity contribution in [2.75, 3.05) is 0 Å². The third kappa shape index (κ3) is 6.44. The van der Waals surface area contributed by atoms with Crippen LogP contribution in [0.5, 0.6) is 5.75 Å². The zero-order chi connectivity index (χ0) is 18.7. The van der Waals surface area contributed by atoms with Gasteiger partial charge in [-0.2, -0.15) is 5.10 Å². The molecule has 4 nitrogen and oxygen atoms in total. The number of aryl methyl sites for hydroxylation is 1. The van der Waals surface area contributed by atoms with E-state index in [0.29, 0.717) is 19.4 Å². The standard InChI is InChI=1S/C23H22N2O2/c26-23(15-14-19-8-3-1-4-9-19)25-24-17-21-12-7-13-22(16-21)27-18-20-10-5-2-6-11-20/h1-13,16-17H,14-15,18H2,(H,25,26)/b24-17-. The SMILES string of the molecule is O=C(CCc1ccccc1)N/N=C\c1cccc(OCc2ccccc2)c1. The fraction of sp³-hybridized carbons (Fsp3) is 0.130. The zero-order valence-corrected chi connectivity index (χ0v) is 15.0. The number of hydrogen-bond donors (Lipinski definition) is 1. The van der Waals surface area contributed by atoms with Crippen LogP contribution >= 0.6 is 0 Å². The number of carbonyl (C=O) groups excluding carboxylic acids is 1. The van der Waals surface area contributed by atoms with Crippen LogP contribution in [0.4, 0.5) is 0 Å². The van der Waals surface area contributed by atoms with Crippen molar-refractivity contribution >= 4 is 12.1 Å². The number of amides is 1. The van der Waals surface area contributed by atoms with Gasteiger partial charge >= 0.3 is 0 Å². The highest BCUT2D eigenvalue weighted by atomic mass is 16.5. The van der Waals surface area contributed by atoms with Gasteiger partial charge in [0.05, 0.1) is 6.21 Å². The number of nitrogens with one attached hydrogen (secondary N) is 1. The van der Waals surface area contributed by atoms with Gasteiger partial charge in [-0.05, 0) is 35.2 Å². The van der Waals surface area contributed by atoms with Crippen LogP contribution in [-0.2, 0) is 17.8 Å². The summed E-state index contributed by atoms with van der Waals surface area (Å²) in [5, 5.41) is 4.03. The van der Waals surface area contributed by atoms with E-state index in [0.717, 1.165) is 22.4 Å². The van der Waals surface area contributed by atoms with Crippen LogP contribution in [0.2, 0.25) is 0 Å². The topological polar surface area (TPSA) is 50.7 Å². The minimum atomic E-state index is -0.105. The van der Waals surface area contributed by atoms with Crippen LogP contribution < -0.4 is 10.2 Å². The van der Waals surface area contributed by atoms with Gasteiger partial charge in [0.1, 0.15) is 12.4 Å². The van der Waals surface area contributed by atoms with E-state index in [1.165, 1.54) is 0 Å². The molecule has 4 heteroatoms. The Morgan fingerprint density at radius 2 is 1.59 bits per heavy atom. The quantitative estimate of drug-likeness (QED) is 0.481. The van der Waals surface area contributed by atoms with Crippen molar-refractivity contribution in [3.05, 3.63) is 102 Å². The molecule has 0 aliphatic heterocycles. The Kier molecular flexibility index (Phi) is 6.76. The molecule has 1 N–H and O–H groups in total. The Bertz CT molecular complexity index is 877. The first-order chi connectivity index (χ1) is 13.3. The third-order valence-electron chi connectivity index (χ3n) is 3.99. The molecule has 0 unspecified atom stereocenters. The van der Waals surface area contributed by atoms with E-state index < -0.39 is 0 Å². The summed E-state index contributed by atoms with van der Waals surface area (Å²) in [7, 11) is 0. The first-order valence-corrected chi connectivity index (χ1v) is 8.92. The summed E-state index contributed by atoms with van der Waals surface area (Å²) in [6.45, 7) is 0.512. The maximum absolute atomic E-state index is 11.9. The molecule has 27 heavy (non-hydrogen) atoms. The fourth-order valence-corrected chi connectivity index (χ4v) is 2.56. The van der Waals surface area contributed by atoms with E-state index in [1.807, 2.05) is 84.9 Å². The van der Waals surface area contributed by atoms with Crippen molar-refractivity contribution in [2.24, 2.45) is 5.10 Å². The zero-order valence-electron chi connectivity index (χ0n) is 15.0. The second kappa shape index (κ2) is 9.92.